The summed E-state index contributed by atoms with van der Waals surface area (Å²) in [5, 5.41) is -0.388. The summed E-state index contributed by atoms with van der Waals surface area (Å²) in [7, 11) is 0. The van der Waals surface area contributed by atoms with Gasteiger partial charge in [-0.15, -0.1) is 12.4 Å². The molecule has 0 aromatic heterocycles. The second kappa shape index (κ2) is 6.56. The lowest BCUT2D eigenvalue weighted by Crippen LogP contribution is -2.22. The number of rotatable bonds is 3. The minimum absolute atomic E-state index is 0. The average molecular weight is 307 g/mol. The van der Waals surface area contributed by atoms with Gasteiger partial charge in [-0.1, -0.05) is 11.6 Å². The largest absolute Gasteiger partial charge is 0.416 e. The van der Waals surface area contributed by atoms with Crippen molar-refractivity contribution in [2.75, 3.05) is 6.54 Å². The molecule has 0 spiro atoms. The Bertz CT molecular complexity index is 410. The molecule has 2 nitrogen and oxygen atoms in total. The Morgan fingerprint density at radius 1 is 1.28 bits per heavy atom. The first-order valence-corrected chi connectivity index (χ1v) is 5.17. The second-order valence-electron chi connectivity index (χ2n) is 3.50. The molecule has 0 saturated carbocycles. The molecule has 0 aliphatic rings. The van der Waals surface area contributed by atoms with Crippen LogP contribution < -0.4 is 11.5 Å². The third kappa shape index (κ3) is 3.71. The van der Waals surface area contributed by atoms with E-state index in [1.807, 2.05) is 0 Å². The smallest absolute Gasteiger partial charge is 0.330 e. The molecule has 0 bridgehead atoms. The van der Waals surface area contributed by atoms with Gasteiger partial charge in [0.1, 0.15) is 5.82 Å². The van der Waals surface area contributed by atoms with Crippen molar-refractivity contribution in [1.29, 1.82) is 0 Å². The molecular formula is C10H12Cl2F4N2. The first-order chi connectivity index (χ1) is 7.79. The summed E-state index contributed by atoms with van der Waals surface area (Å²) in [4.78, 5) is 0. The highest BCUT2D eigenvalue weighted by Crippen LogP contribution is 2.38. The molecule has 0 heterocycles. The van der Waals surface area contributed by atoms with Crippen LogP contribution in [0.3, 0.4) is 0 Å². The van der Waals surface area contributed by atoms with E-state index in [2.05, 4.69) is 0 Å². The summed E-state index contributed by atoms with van der Waals surface area (Å²) in [6.07, 6.45) is -4.63. The minimum atomic E-state index is -4.67. The van der Waals surface area contributed by atoms with Crippen LogP contribution in [-0.2, 0) is 6.18 Å². The Hall–Kier alpha value is -0.560. The molecule has 1 aromatic rings. The van der Waals surface area contributed by atoms with Crippen LogP contribution in [0.2, 0.25) is 5.02 Å². The van der Waals surface area contributed by atoms with Crippen LogP contribution in [0.1, 0.15) is 23.6 Å². The Morgan fingerprint density at radius 3 is 2.28 bits per heavy atom. The van der Waals surface area contributed by atoms with Gasteiger partial charge in [-0.2, -0.15) is 13.2 Å². The molecule has 0 fully saturated rings. The highest BCUT2D eigenvalue weighted by Gasteiger charge is 2.36. The highest BCUT2D eigenvalue weighted by atomic mass is 35.5. The molecule has 0 unspecified atom stereocenters. The van der Waals surface area contributed by atoms with Crippen molar-refractivity contribution in [2.24, 2.45) is 11.5 Å². The van der Waals surface area contributed by atoms with E-state index in [1.165, 1.54) is 0 Å². The van der Waals surface area contributed by atoms with Gasteiger partial charge >= 0.3 is 6.18 Å². The molecule has 1 aromatic carbocycles. The molecule has 0 amide bonds. The van der Waals surface area contributed by atoms with E-state index in [9.17, 15) is 17.6 Å². The van der Waals surface area contributed by atoms with Gasteiger partial charge in [-0.25, -0.2) is 4.39 Å². The fourth-order valence-corrected chi connectivity index (χ4v) is 1.66. The van der Waals surface area contributed by atoms with Gasteiger partial charge in [0.25, 0.3) is 0 Å². The monoisotopic (exact) mass is 306 g/mol. The van der Waals surface area contributed by atoms with Crippen LogP contribution >= 0.6 is 24.0 Å². The fourth-order valence-electron chi connectivity index (χ4n) is 1.50. The maximum absolute atomic E-state index is 13.6. The van der Waals surface area contributed by atoms with E-state index in [1.54, 1.807) is 0 Å². The average Bonchev–Trinajstić information content (AvgIpc) is 2.20. The van der Waals surface area contributed by atoms with E-state index >= 15 is 0 Å². The van der Waals surface area contributed by atoms with Crippen molar-refractivity contribution in [3.05, 3.63) is 34.1 Å². The zero-order valence-corrected chi connectivity index (χ0v) is 10.7. The van der Waals surface area contributed by atoms with Crippen LogP contribution in [-0.4, -0.2) is 6.54 Å². The Balaban J connectivity index is 0.00000289. The zero-order valence-electron chi connectivity index (χ0n) is 9.10. The second-order valence-corrected chi connectivity index (χ2v) is 3.91. The lowest BCUT2D eigenvalue weighted by molar-refractivity contribution is -0.138. The van der Waals surface area contributed by atoms with Crippen molar-refractivity contribution in [1.82, 2.24) is 0 Å². The standard InChI is InChI=1S/C10H11ClF4N2.ClH/c11-6-2-1-5(10(13,14)15)8(9(6)12)7(17)3-4-16;/h1-2,7H,3-4,16-17H2;1H/t7-;/m1./s1. The SMILES string of the molecule is Cl.NCC[C@@H](N)c1c(C(F)(F)F)ccc(Cl)c1F. The van der Waals surface area contributed by atoms with Crippen molar-refractivity contribution in [3.63, 3.8) is 0 Å². The molecule has 104 valence electrons. The highest BCUT2D eigenvalue weighted by molar-refractivity contribution is 6.30. The fraction of sp³-hybridized carbons (Fsp3) is 0.400. The van der Waals surface area contributed by atoms with Crippen molar-refractivity contribution >= 4 is 24.0 Å². The van der Waals surface area contributed by atoms with Crippen LogP contribution in [0.15, 0.2) is 12.1 Å². The van der Waals surface area contributed by atoms with E-state index < -0.39 is 29.2 Å². The number of benzene rings is 1. The van der Waals surface area contributed by atoms with Crippen molar-refractivity contribution < 1.29 is 17.6 Å². The third-order valence-electron chi connectivity index (χ3n) is 2.29. The van der Waals surface area contributed by atoms with Gasteiger partial charge in [0.05, 0.1) is 10.6 Å². The zero-order chi connectivity index (χ0) is 13.2. The summed E-state index contributed by atoms with van der Waals surface area (Å²) in [6.45, 7) is 0.0599. The van der Waals surface area contributed by atoms with Gasteiger partial charge < -0.3 is 11.5 Å². The molecule has 4 N–H and O–H groups in total. The maximum Gasteiger partial charge on any atom is 0.416 e. The van der Waals surface area contributed by atoms with Gasteiger partial charge in [-0.3, -0.25) is 0 Å². The number of alkyl halides is 3. The minimum Gasteiger partial charge on any atom is -0.330 e. The third-order valence-corrected chi connectivity index (χ3v) is 2.58. The summed E-state index contributed by atoms with van der Waals surface area (Å²) in [6, 6.07) is 0.450. The molecule has 1 atom stereocenters. The lowest BCUT2D eigenvalue weighted by Gasteiger charge is -2.19. The summed E-state index contributed by atoms with van der Waals surface area (Å²) in [5.41, 5.74) is 8.95. The Kier molecular flexibility index (Phi) is 6.36. The molecular weight excluding hydrogens is 295 g/mol. The maximum atomic E-state index is 13.6. The Labute approximate surface area is 113 Å². The van der Waals surface area contributed by atoms with Gasteiger partial charge in [0.2, 0.25) is 0 Å². The molecule has 0 radical (unpaired) electrons. The van der Waals surface area contributed by atoms with E-state index in [-0.39, 0.29) is 30.4 Å². The summed E-state index contributed by atoms with van der Waals surface area (Å²) >= 11 is 5.45. The van der Waals surface area contributed by atoms with Crippen molar-refractivity contribution in [3.8, 4) is 0 Å². The van der Waals surface area contributed by atoms with Gasteiger partial charge in [0, 0.05) is 11.6 Å². The quantitative estimate of drug-likeness (QED) is 0.842. The van der Waals surface area contributed by atoms with Crippen LogP contribution in [0.4, 0.5) is 17.6 Å². The van der Waals surface area contributed by atoms with Crippen LogP contribution in [0.5, 0.6) is 0 Å². The molecule has 18 heavy (non-hydrogen) atoms. The van der Waals surface area contributed by atoms with E-state index in [4.69, 9.17) is 23.1 Å². The van der Waals surface area contributed by atoms with E-state index in [0.717, 1.165) is 12.1 Å². The topological polar surface area (TPSA) is 52.0 Å². The lowest BCUT2D eigenvalue weighted by atomic mass is 9.97. The van der Waals surface area contributed by atoms with Crippen LogP contribution in [0.25, 0.3) is 0 Å². The molecule has 0 aliphatic carbocycles. The van der Waals surface area contributed by atoms with Crippen molar-refractivity contribution in [2.45, 2.75) is 18.6 Å². The number of hydrogen-bond donors (Lipinski definition) is 2. The Morgan fingerprint density at radius 2 is 1.83 bits per heavy atom. The summed E-state index contributed by atoms with van der Waals surface area (Å²) in [5.74, 6) is -1.14. The number of hydrogen-bond acceptors (Lipinski definition) is 2. The molecule has 1 rings (SSSR count). The molecule has 0 aliphatic heterocycles. The predicted molar refractivity (Wildman–Crippen MR) is 64.3 cm³/mol. The molecule has 8 heteroatoms. The van der Waals surface area contributed by atoms with Crippen LogP contribution in [0, 0.1) is 5.82 Å². The predicted octanol–water partition coefficient (Wildman–Crippen LogP) is 3.27. The number of halogens is 6. The van der Waals surface area contributed by atoms with E-state index in [0.29, 0.717) is 0 Å². The molecule has 0 saturated heterocycles. The summed E-state index contributed by atoms with van der Waals surface area (Å²) < 4.78 is 51.6. The normalized spacial score (nSPS) is 13.1. The van der Waals surface area contributed by atoms with Gasteiger partial charge in [0.15, 0.2) is 0 Å². The van der Waals surface area contributed by atoms with Gasteiger partial charge in [-0.05, 0) is 25.1 Å². The first kappa shape index (κ1) is 17.4. The number of nitrogens with two attached hydrogens (primary N) is 2. The first-order valence-electron chi connectivity index (χ1n) is 4.79.